The second-order valence-corrected chi connectivity index (χ2v) is 6.09. The van der Waals surface area contributed by atoms with Crippen LogP contribution in [0.15, 0.2) is 24.1 Å². The Morgan fingerprint density at radius 2 is 2.00 bits per heavy atom. The van der Waals surface area contributed by atoms with Gasteiger partial charge in [-0.1, -0.05) is 6.58 Å². The van der Waals surface area contributed by atoms with Gasteiger partial charge in [0.15, 0.2) is 0 Å². The van der Waals surface area contributed by atoms with Crippen LogP contribution in [0.5, 0.6) is 0 Å². The fourth-order valence-electron chi connectivity index (χ4n) is 1.75. The SMILES string of the molecule is C=C[Si](OCC)(OCC)OC1=CCCCC1. The smallest absolute Gasteiger partial charge is 0.502 e. The zero-order chi connectivity index (χ0) is 11.9. The van der Waals surface area contributed by atoms with Crippen molar-refractivity contribution in [2.24, 2.45) is 0 Å². The molecule has 0 aromatic heterocycles. The molecule has 3 nitrogen and oxygen atoms in total. The minimum absolute atomic E-state index is 0.589. The van der Waals surface area contributed by atoms with Crippen LogP contribution < -0.4 is 0 Å². The lowest BCUT2D eigenvalue weighted by Gasteiger charge is -2.28. The van der Waals surface area contributed by atoms with E-state index in [2.05, 4.69) is 12.7 Å². The minimum Gasteiger partial charge on any atom is -0.502 e. The van der Waals surface area contributed by atoms with E-state index in [4.69, 9.17) is 13.3 Å². The van der Waals surface area contributed by atoms with Crippen LogP contribution in [-0.4, -0.2) is 22.0 Å². The van der Waals surface area contributed by atoms with Crippen LogP contribution in [0.1, 0.15) is 39.5 Å². The van der Waals surface area contributed by atoms with Crippen molar-refractivity contribution in [3.63, 3.8) is 0 Å². The van der Waals surface area contributed by atoms with E-state index in [1.165, 1.54) is 12.8 Å². The predicted octanol–water partition coefficient (Wildman–Crippen LogP) is 3.20. The Labute approximate surface area is 99.5 Å². The highest BCUT2D eigenvalue weighted by Crippen LogP contribution is 2.24. The fraction of sp³-hybridized carbons (Fsp3) is 0.667. The lowest BCUT2D eigenvalue weighted by Crippen LogP contribution is -2.44. The van der Waals surface area contributed by atoms with Gasteiger partial charge in [-0.05, 0) is 44.9 Å². The summed E-state index contributed by atoms with van der Waals surface area (Å²) < 4.78 is 17.3. The second-order valence-electron chi connectivity index (χ2n) is 3.69. The van der Waals surface area contributed by atoms with Gasteiger partial charge in [-0.15, -0.1) is 0 Å². The first kappa shape index (κ1) is 13.5. The normalized spacial score (nSPS) is 16.8. The van der Waals surface area contributed by atoms with Crippen LogP contribution in [0, 0.1) is 0 Å². The maximum atomic E-state index is 5.95. The molecule has 0 atom stereocenters. The molecule has 4 heteroatoms. The van der Waals surface area contributed by atoms with Gasteiger partial charge in [-0.3, -0.25) is 0 Å². The average Bonchev–Trinajstić information content (AvgIpc) is 2.31. The Morgan fingerprint density at radius 1 is 1.31 bits per heavy atom. The van der Waals surface area contributed by atoms with Gasteiger partial charge in [0, 0.05) is 19.6 Å². The summed E-state index contributed by atoms with van der Waals surface area (Å²) in [5.74, 6) is 1.01. The van der Waals surface area contributed by atoms with Crippen LogP contribution in [0.4, 0.5) is 0 Å². The number of allylic oxidation sites excluding steroid dienone is 2. The summed E-state index contributed by atoms with van der Waals surface area (Å²) in [6.07, 6.45) is 6.66. The van der Waals surface area contributed by atoms with E-state index in [-0.39, 0.29) is 0 Å². The highest BCUT2D eigenvalue weighted by atomic mass is 28.4. The van der Waals surface area contributed by atoms with Gasteiger partial charge in [0.2, 0.25) is 0 Å². The zero-order valence-electron chi connectivity index (χ0n) is 10.3. The molecule has 1 rings (SSSR count). The highest BCUT2D eigenvalue weighted by Gasteiger charge is 2.40. The minimum atomic E-state index is -2.66. The van der Waals surface area contributed by atoms with Crippen LogP contribution in [0.2, 0.25) is 0 Å². The number of rotatable bonds is 7. The van der Waals surface area contributed by atoms with Crippen molar-refractivity contribution in [2.75, 3.05) is 13.2 Å². The molecule has 0 aromatic rings. The van der Waals surface area contributed by atoms with E-state index in [1.807, 2.05) is 13.8 Å². The summed E-state index contributed by atoms with van der Waals surface area (Å²) in [5.41, 5.74) is 1.72. The van der Waals surface area contributed by atoms with E-state index >= 15 is 0 Å². The van der Waals surface area contributed by atoms with Crippen molar-refractivity contribution in [1.29, 1.82) is 0 Å². The summed E-state index contributed by atoms with van der Waals surface area (Å²) in [6, 6.07) is 0. The molecule has 0 saturated carbocycles. The number of hydrogen-bond acceptors (Lipinski definition) is 3. The summed E-state index contributed by atoms with van der Waals surface area (Å²) in [6.45, 7) is 8.87. The Hall–Kier alpha value is -0.583. The summed E-state index contributed by atoms with van der Waals surface area (Å²) in [4.78, 5) is 0. The summed E-state index contributed by atoms with van der Waals surface area (Å²) in [7, 11) is -2.66. The third kappa shape index (κ3) is 3.77. The molecule has 0 heterocycles. The van der Waals surface area contributed by atoms with Crippen LogP contribution in [0.3, 0.4) is 0 Å². The predicted molar refractivity (Wildman–Crippen MR) is 66.8 cm³/mol. The first-order valence-electron chi connectivity index (χ1n) is 6.06. The molecule has 0 fully saturated rings. The van der Waals surface area contributed by atoms with E-state index < -0.39 is 8.80 Å². The topological polar surface area (TPSA) is 27.7 Å². The van der Waals surface area contributed by atoms with E-state index in [9.17, 15) is 0 Å². The van der Waals surface area contributed by atoms with Gasteiger partial charge in [-0.25, -0.2) is 0 Å². The van der Waals surface area contributed by atoms with E-state index in [1.54, 1.807) is 5.70 Å². The van der Waals surface area contributed by atoms with Gasteiger partial charge < -0.3 is 13.3 Å². The van der Waals surface area contributed by atoms with Crippen molar-refractivity contribution in [1.82, 2.24) is 0 Å². The van der Waals surface area contributed by atoms with Crippen molar-refractivity contribution < 1.29 is 13.3 Å². The van der Waals surface area contributed by atoms with E-state index in [0.717, 1.165) is 18.6 Å². The molecule has 0 aromatic carbocycles. The summed E-state index contributed by atoms with van der Waals surface area (Å²) in [5, 5.41) is 0. The van der Waals surface area contributed by atoms with E-state index in [0.29, 0.717) is 13.2 Å². The standard InChI is InChI=1S/C12H22O3Si/c1-4-13-16(6-3,14-5-2)15-12-10-8-7-9-11-12/h6,10H,3-5,7-9,11H2,1-2H3. The first-order valence-corrected chi connectivity index (χ1v) is 7.86. The molecule has 0 spiro atoms. The second kappa shape index (κ2) is 6.88. The molecule has 0 saturated heterocycles. The van der Waals surface area contributed by atoms with Crippen molar-refractivity contribution in [2.45, 2.75) is 39.5 Å². The molecular weight excluding hydrogens is 220 g/mol. The lowest BCUT2D eigenvalue weighted by atomic mass is 10.1. The molecule has 0 bridgehead atoms. The van der Waals surface area contributed by atoms with Crippen LogP contribution in [-0.2, 0) is 13.3 Å². The van der Waals surface area contributed by atoms with Crippen LogP contribution >= 0.6 is 0 Å². The van der Waals surface area contributed by atoms with Gasteiger partial charge in [0.05, 0.1) is 5.76 Å². The largest absolute Gasteiger partial charge is 0.594 e. The van der Waals surface area contributed by atoms with Crippen molar-refractivity contribution in [3.05, 3.63) is 24.1 Å². The molecule has 0 N–H and O–H groups in total. The first-order chi connectivity index (χ1) is 7.76. The van der Waals surface area contributed by atoms with Gasteiger partial charge in [-0.2, -0.15) is 0 Å². The Kier molecular flexibility index (Phi) is 5.80. The highest BCUT2D eigenvalue weighted by molar-refractivity contribution is 6.66. The van der Waals surface area contributed by atoms with Crippen LogP contribution in [0.25, 0.3) is 0 Å². The molecule has 0 unspecified atom stereocenters. The maximum Gasteiger partial charge on any atom is 0.594 e. The fourth-order valence-corrected chi connectivity index (χ4v) is 3.62. The summed E-state index contributed by atoms with van der Waals surface area (Å²) >= 11 is 0. The van der Waals surface area contributed by atoms with Crippen molar-refractivity contribution >= 4 is 8.80 Å². The Morgan fingerprint density at radius 3 is 2.44 bits per heavy atom. The molecule has 1 aliphatic rings. The monoisotopic (exact) mass is 242 g/mol. The Bertz CT molecular complexity index is 245. The quantitative estimate of drug-likeness (QED) is 0.642. The average molecular weight is 242 g/mol. The number of hydrogen-bond donors (Lipinski definition) is 0. The third-order valence-electron chi connectivity index (χ3n) is 2.46. The lowest BCUT2D eigenvalue weighted by molar-refractivity contribution is 0.101. The molecule has 0 aliphatic heterocycles. The molecule has 92 valence electrons. The van der Waals surface area contributed by atoms with Gasteiger partial charge >= 0.3 is 8.80 Å². The molecule has 1 aliphatic carbocycles. The third-order valence-corrected chi connectivity index (χ3v) is 4.89. The van der Waals surface area contributed by atoms with Gasteiger partial charge in [0.1, 0.15) is 0 Å². The molecule has 0 amide bonds. The molecule has 16 heavy (non-hydrogen) atoms. The molecular formula is C12H22O3Si. The maximum absolute atomic E-state index is 5.95. The molecule has 0 radical (unpaired) electrons. The Balaban J connectivity index is 2.67. The van der Waals surface area contributed by atoms with Gasteiger partial charge in [0.25, 0.3) is 0 Å². The van der Waals surface area contributed by atoms with Crippen molar-refractivity contribution in [3.8, 4) is 0 Å². The zero-order valence-corrected chi connectivity index (χ0v) is 11.3.